The van der Waals surface area contributed by atoms with Gasteiger partial charge in [0.1, 0.15) is 5.82 Å². The number of aliphatic imine (C=N–C) groups is 1. The summed E-state index contributed by atoms with van der Waals surface area (Å²) in [5.41, 5.74) is 2.47. The molecule has 0 aliphatic carbocycles. The zero-order valence-corrected chi connectivity index (χ0v) is 21.4. The van der Waals surface area contributed by atoms with Gasteiger partial charge in [-0.25, -0.2) is 9.98 Å². The molecule has 0 spiro atoms. The molecule has 30 heavy (non-hydrogen) atoms. The summed E-state index contributed by atoms with van der Waals surface area (Å²) >= 11 is 1.74. The number of hydrogen-bond donors (Lipinski definition) is 2. The van der Waals surface area contributed by atoms with Crippen LogP contribution in [0.25, 0.3) is 0 Å². The van der Waals surface area contributed by atoms with Gasteiger partial charge in [0, 0.05) is 32.4 Å². The lowest BCUT2D eigenvalue weighted by atomic mass is 10.1. The van der Waals surface area contributed by atoms with Crippen molar-refractivity contribution in [2.45, 2.75) is 52.4 Å². The van der Waals surface area contributed by atoms with Crippen LogP contribution in [-0.2, 0) is 11.3 Å². The van der Waals surface area contributed by atoms with Crippen molar-refractivity contribution in [3.8, 4) is 0 Å². The van der Waals surface area contributed by atoms with E-state index in [0.717, 1.165) is 43.5 Å². The Morgan fingerprint density at radius 2 is 2.03 bits per heavy atom. The summed E-state index contributed by atoms with van der Waals surface area (Å²) in [4.78, 5) is 11.7. The molecule has 1 saturated heterocycles. The van der Waals surface area contributed by atoms with Crippen molar-refractivity contribution < 1.29 is 4.74 Å². The maximum atomic E-state index is 5.81. The summed E-state index contributed by atoms with van der Waals surface area (Å²) in [7, 11) is 0. The molecule has 3 unspecified atom stereocenters. The van der Waals surface area contributed by atoms with Crippen LogP contribution in [0.5, 0.6) is 0 Å². The van der Waals surface area contributed by atoms with Crippen molar-refractivity contribution in [1.82, 2.24) is 15.6 Å². The molecule has 2 aromatic rings. The number of nitrogens with one attached hydrogen (secondary N) is 2. The van der Waals surface area contributed by atoms with Gasteiger partial charge in [0.15, 0.2) is 5.96 Å². The number of guanidine groups is 1. The Balaban J connectivity index is 0.00000320. The maximum absolute atomic E-state index is 5.81. The molecular formula is C22H34IN5OS. The molecule has 3 heterocycles. The molecule has 3 atom stereocenters. The van der Waals surface area contributed by atoms with Gasteiger partial charge in [-0.15, -0.1) is 24.0 Å². The Bertz CT molecular complexity index is 758. The number of halogens is 1. The van der Waals surface area contributed by atoms with Crippen LogP contribution in [-0.4, -0.2) is 49.3 Å². The third-order valence-corrected chi connectivity index (χ3v) is 5.71. The van der Waals surface area contributed by atoms with Crippen LogP contribution in [0.2, 0.25) is 0 Å². The van der Waals surface area contributed by atoms with Gasteiger partial charge in [-0.1, -0.05) is 13.0 Å². The minimum atomic E-state index is 0. The number of pyridine rings is 1. The average molecular weight is 544 g/mol. The van der Waals surface area contributed by atoms with E-state index in [1.165, 1.54) is 5.56 Å². The molecular weight excluding hydrogens is 509 g/mol. The molecule has 0 radical (unpaired) electrons. The minimum Gasteiger partial charge on any atom is -0.372 e. The maximum Gasteiger partial charge on any atom is 0.191 e. The Morgan fingerprint density at radius 1 is 1.27 bits per heavy atom. The number of rotatable bonds is 7. The molecule has 0 saturated carbocycles. The second-order valence-corrected chi connectivity index (χ2v) is 8.50. The Morgan fingerprint density at radius 3 is 2.63 bits per heavy atom. The zero-order chi connectivity index (χ0) is 20.6. The fourth-order valence-corrected chi connectivity index (χ4v) is 4.28. The minimum absolute atomic E-state index is 0. The molecule has 0 amide bonds. The van der Waals surface area contributed by atoms with E-state index in [-0.39, 0.29) is 36.2 Å². The second-order valence-electron chi connectivity index (χ2n) is 7.72. The van der Waals surface area contributed by atoms with Crippen molar-refractivity contribution in [3.63, 3.8) is 0 Å². The molecule has 1 aliphatic heterocycles. The number of anilines is 1. The molecule has 0 bridgehead atoms. The smallest absolute Gasteiger partial charge is 0.191 e. The third kappa shape index (κ3) is 7.39. The summed E-state index contributed by atoms with van der Waals surface area (Å²) < 4.78 is 5.81. The number of ether oxygens (including phenoxy) is 1. The van der Waals surface area contributed by atoms with E-state index in [0.29, 0.717) is 12.5 Å². The Labute approximate surface area is 201 Å². The van der Waals surface area contributed by atoms with Gasteiger partial charge in [0.05, 0.1) is 18.8 Å². The first-order valence-corrected chi connectivity index (χ1v) is 11.4. The van der Waals surface area contributed by atoms with E-state index in [1.807, 2.05) is 6.20 Å². The third-order valence-electron chi connectivity index (χ3n) is 5.00. The van der Waals surface area contributed by atoms with Gasteiger partial charge in [-0.3, -0.25) is 0 Å². The lowest BCUT2D eigenvalue weighted by Crippen LogP contribution is -2.45. The van der Waals surface area contributed by atoms with Crippen molar-refractivity contribution in [2.75, 3.05) is 31.1 Å². The first-order chi connectivity index (χ1) is 14.0. The van der Waals surface area contributed by atoms with Crippen molar-refractivity contribution in [1.29, 1.82) is 0 Å². The number of aromatic nitrogens is 1. The highest BCUT2D eigenvalue weighted by Gasteiger charge is 2.22. The summed E-state index contributed by atoms with van der Waals surface area (Å²) in [6, 6.07) is 6.40. The molecule has 2 N–H and O–H groups in total. The number of hydrogen-bond acceptors (Lipinski definition) is 5. The number of nitrogens with zero attached hydrogens (tertiary/aromatic N) is 3. The van der Waals surface area contributed by atoms with E-state index in [9.17, 15) is 0 Å². The lowest BCUT2D eigenvalue weighted by molar-refractivity contribution is -0.00545. The van der Waals surface area contributed by atoms with E-state index >= 15 is 0 Å². The monoisotopic (exact) mass is 543 g/mol. The molecule has 0 aromatic carbocycles. The van der Waals surface area contributed by atoms with Crippen LogP contribution in [0.15, 0.2) is 40.1 Å². The van der Waals surface area contributed by atoms with Gasteiger partial charge in [-0.05, 0) is 60.7 Å². The normalized spacial score (nSPS) is 20.4. The van der Waals surface area contributed by atoms with Gasteiger partial charge in [0.2, 0.25) is 0 Å². The Hall–Kier alpha value is -1.39. The van der Waals surface area contributed by atoms with Crippen molar-refractivity contribution >= 4 is 47.1 Å². The molecule has 1 aliphatic rings. The van der Waals surface area contributed by atoms with Crippen molar-refractivity contribution in [3.05, 3.63) is 46.3 Å². The average Bonchev–Trinajstić information content (AvgIpc) is 3.24. The highest BCUT2D eigenvalue weighted by Crippen LogP contribution is 2.19. The summed E-state index contributed by atoms with van der Waals surface area (Å²) in [6.07, 6.45) is 2.39. The Kier molecular flexibility index (Phi) is 10.3. The summed E-state index contributed by atoms with van der Waals surface area (Å²) in [6.45, 7) is 12.6. The predicted octanol–water partition coefficient (Wildman–Crippen LogP) is 4.23. The summed E-state index contributed by atoms with van der Waals surface area (Å²) in [5, 5.41) is 11.1. The lowest BCUT2D eigenvalue weighted by Gasteiger charge is -2.36. The van der Waals surface area contributed by atoms with Crippen LogP contribution in [0.3, 0.4) is 0 Å². The molecule has 166 valence electrons. The quantitative estimate of drug-likeness (QED) is 0.311. The molecule has 2 aromatic heterocycles. The van der Waals surface area contributed by atoms with Gasteiger partial charge in [0.25, 0.3) is 0 Å². The highest BCUT2D eigenvalue weighted by atomic mass is 127. The molecule has 1 fully saturated rings. The van der Waals surface area contributed by atoms with Gasteiger partial charge >= 0.3 is 0 Å². The van der Waals surface area contributed by atoms with Crippen LogP contribution in [0, 0.1) is 0 Å². The van der Waals surface area contributed by atoms with Crippen LogP contribution in [0.4, 0.5) is 5.82 Å². The van der Waals surface area contributed by atoms with Crippen molar-refractivity contribution in [2.24, 2.45) is 4.99 Å². The molecule has 6 nitrogen and oxygen atoms in total. The zero-order valence-electron chi connectivity index (χ0n) is 18.3. The van der Waals surface area contributed by atoms with Gasteiger partial charge in [-0.2, -0.15) is 11.3 Å². The van der Waals surface area contributed by atoms with Gasteiger partial charge < -0.3 is 20.3 Å². The highest BCUT2D eigenvalue weighted by molar-refractivity contribution is 14.0. The molecule has 3 rings (SSSR count). The first kappa shape index (κ1) is 24.9. The van der Waals surface area contributed by atoms with Crippen LogP contribution >= 0.6 is 35.3 Å². The summed E-state index contributed by atoms with van der Waals surface area (Å²) in [5.74, 6) is 2.30. The SMILES string of the molecule is CCNC(=NCc1ccc(N2CC(C)OC(C)C2)nc1)NCC(C)c1ccsc1.I. The van der Waals surface area contributed by atoms with E-state index in [4.69, 9.17) is 9.73 Å². The topological polar surface area (TPSA) is 61.8 Å². The largest absolute Gasteiger partial charge is 0.372 e. The van der Waals surface area contributed by atoms with E-state index in [1.54, 1.807) is 11.3 Å². The second kappa shape index (κ2) is 12.5. The molecule has 8 heteroatoms. The fourth-order valence-electron chi connectivity index (χ4n) is 3.50. The fraction of sp³-hybridized carbons (Fsp3) is 0.545. The van der Waals surface area contributed by atoms with Crippen LogP contribution < -0.4 is 15.5 Å². The van der Waals surface area contributed by atoms with Crippen LogP contribution in [0.1, 0.15) is 44.7 Å². The van der Waals surface area contributed by atoms with E-state index in [2.05, 4.69) is 77.2 Å². The van der Waals surface area contributed by atoms with E-state index < -0.39 is 0 Å². The number of morpholine rings is 1. The standard InChI is InChI=1S/C22H33N5OS.HI/c1-5-23-22(25-10-16(2)20-8-9-29-15-20)26-12-19-6-7-21(24-11-19)27-13-17(3)28-18(4)14-27;/h6-9,11,15-18H,5,10,12-14H2,1-4H3,(H2,23,25,26);1H. The first-order valence-electron chi connectivity index (χ1n) is 10.4. The number of thiophene rings is 1. The predicted molar refractivity (Wildman–Crippen MR) is 137 cm³/mol.